The summed E-state index contributed by atoms with van der Waals surface area (Å²) in [6.07, 6.45) is 3.30. The highest BCUT2D eigenvalue weighted by Crippen LogP contribution is 2.24. The maximum atomic E-state index is 10.0. The Morgan fingerprint density at radius 1 is 1.08 bits per heavy atom. The molecule has 0 aliphatic rings. The van der Waals surface area contributed by atoms with Crippen molar-refractivity contribution in [1.29, 1.82) is 0 Å². The summed E-state index contributed by atoms with van der Waals surface area (Å²) >= 11 is 1.36. The molecule has 1 atom stereocenters. The van der Waals surface area contributed by atoms with Crippen molar-refractivity contribution in [3.63, 3.8) is 0 Å². The van der Waals surface area contributed by atoms with Crippen LogP contribution in [0.2, 0.25) is 0 Å². The van der Waals surface area contributed by atoms with E-state index in [1.807, 2.05) is 30.3 Å². The second-order valence-corrected chi connectivity index (χ2v) is 6.85. The number of benzene rings is 2. The number of aromatic nitrogens is 2. The summed E-state index contributed by atoms with van der Waals surface area (Å²) in [6, 6.07) is 18.2. The van der Waals surface area contributed by atoms with Crippen LogP contribution in [0.1, 0.15) is 12.0 Å². The van der Waals surface area contributed by atoms with Crippen LogP contribution in [0.15, 0.2) is 60.8 Å². The third-order valence-corrected chi connectivity index (χ3v) is 4.70. The summed E-state index contributed by atoms with van der Waals surface area (Å²) in [7, 11) is 0. The second kappa shape index (κ2) is 10.0. The topological polar surface area (TPSA) is 67.3 Å². The first-order valence-electron chi connectivity index (χ1n) is 8.74. The normalized spacial score (nSPS) is 12.0. The fourth-order valence-corrected chi connectivity index (χ4v) is 3.11. The van der Waals surface area contributed by atoms with Gasteiger partial charge in [0.25, 0.3) is 0 Å². The van der Waals surface area contributed by atoms with Crippen molar-refractivity contribution in [1.82, 2.24) is 14.9 Å². The molecule has 0 fully saturated rings. The number of ether oxygens (including phenoxy) is 1. The number of nitrogens with one attached hydrogen (secondary N) is 1. The van der Waals surface area contributed by atoms with E-state index in [9.17, 15) is 5.11 Å². The molecular weight excluding hydrogens is 346 g/mol. The van der Waals surface area contributed by atoms with Crippen molar-refractivity contribution in [2.75, 3.05) is 19.7 Å². The molecule has 0 aliphatic carbocycles. The Labute approximate surface area is 157 Å². The van der Waals surface area contributed by atoms with Crippen LogP contribution in [0.3, 0.4) is 0 Å². The maximum absolute atomic E-state index is 10.0. The van der Waals surface area contributed by atoms with Gasteiger partial charge >= 0.3 is 0 Å². The van der Waals surface area contributed by atoms with Gasteiger partial charge in [-0.25, -0.2) is 0 Å². The van der Waals surface area contributed by atoms with Crippen molar-refractivity contribution >= 4 is 11.5 Å². The number of aliphatic hydroxyl groups excluding tert-OH is 1. The molecule has 1 unspecified atom stereocenters. The van der Waals surface area contributed by atoms with Gasteiger partial charge in [0.05, 0.1) is 11.1 Å². The van der Waals surface area contributed by atoms with Crippen LogP contribution in [0.5, 0.6) is 5.75 Å². The summed E-state index contributed by atoms with van der Waals surface area (Å²) in [5, 5.41) is 17.1. The van der Waals surface area contributed by atoms with Gasteiger partial charge in [-0.2, -0.15) is 0 Å². The molecule has 5 nitrogen and oxygen atoms in total. The molecule has 0 spiro atoms. The molecule has 3 aromatic rings. The van der Waals surface area contributed by atoms with Crippen molar-refractivity contribution in [3.05, 3.63) is 66.4 Å². The quantitative estimate of drug-likeness (QED) is 0.537. The average Bonchev–Trinajstić information content (AvgIpc) is 3.22. The van der Waals surface area contributed by atoms with Gasteiger partial charge in [0.2, 0.25) is 0 Å². The van der Waals surface area contributed by atoms with E-state index >= 15 is 0 Å². The Kier molecular flexibility index (Phi) is 7.13. The number of aryl methyl sites for hydroxylation is 1. The number of hydrogen-bond acceptors (Lipinski definition) is 6. The fraction of sp³-hybridized carbons (Fsp3) is 0.300. The number of nitrogens with zero attached hydrogens (tertiary/aromatic N) is 2. The summed E-state index contributed by atoms with van der Waals surface area (Å²) in [5.41, 5.74) is 2.41. The molecule has 136 valence electrons. The minimum absolute atomic E-state index is 0.271. The molecule has 0 aliphatic heterocycles. The Morgan fingerprint density at radius 2 is 1.88 bits per heavy atom. The van der Waals surface area contributed by atoms with Gasteiger partial charge in [0.1, 0.15) is 18.5 Å². The van der Waals surface area contributed by atoms with Gasteiger partial charge in [-0.1, -0.05) is 34.8 Å². The molecule has 1 aromatic heterocycles. The van der Waals surface area contributed by atoms with E-state index in [1.165, 1.54) is 17.1 Å². The van der Waals surface area contributed by atoms with Gasteiger partial charge in [-0.3, -0.25) is 0 Å². The first-order chi connectivity index (χ1) is 12.8. The van der Waals surface area contributed by atoms with Crippen molar-refractivity contribution in [2.24, 2.45) is 0 Å². The molecule has 3 rings (SSSR count). The van der Waals surface area contributed by atoms with Crippen LogP contribution in [0, 0.1) is 0 Å². The minimum atomic E-state index is -0.530. The number of rotatable bonds is 10. The average molecular weight is 369 g/mol. The SMILES string of the molecule is OC(CNCCCc1ccccc1)COc1ccc(-c2cnns2)cc1. The Hall–Kier alpha value is -2.28. The first kappa shape index (κ1) is 18.5. The lowest BCUT2D eigenvalue weighted by atomic mass is 10.1. The zero-order valence-electron chi connectivity index (χ0n) is 14.5. The van der Waals surface area contributed by atoms with Gasteiger partial charge < -0.3 is 15.2 Å². The molecule has 6 heteroatoms. The lowest BCUT2D eigenvalue weighted by Gasteiger charge is -2.13. The highest BCUT2D eigenvalue weighted by Gasteiger charge is 2.06. The third-order valence-electron chi connectivity index (χ3n) is 3.98. The van der Waals surface area contributed by atoms with E-state index in [2.05, 4.69) is 39.2 Å². The molecule has 0 radical (unpaired) electrons. The standard InChI is InChI=1S/C20H23N3O2S/c24-18(13-21-12-4-7-16-5-2-1-3-6-16)15-25-19-10-8-17(9-11-19)20-14-22-23-26-20/h1-3,5-6,8-11,14,18,21,24H,4,7,12-13,15H2. The van der Waals surface area contributed by atoms with Crippen LogP contribution in [0.25, 0.3) is 10.4 Å². The molecule has 2 aromatic carbocycles. The van der Waals surface area contributed by atoms with Gasteiger partial charge in [-0.05, 0) is 66.3 Å². The Bertz CT molecular complexity index is 748. The third kappa shape index (κ3) is 5.91. The van der Waals surface area contributed by atoms with Crippen molar-refractivity contribution < 1.29 is 9.84 Å². The molecule has 26 heavy (non-hydrogen) atoms. The van der Waals surface area contributed by atoms with Crippen LogP contribution >= 0.6 is 11.5 Å². The summed E-state index contributed by atoms with van der Waals surface area (Å²) < 4.78 is 9.51. The van der Waals surface area contributed by atoms with Crippen LogP contribution in [0.4, 0.5) is 0 Å². The van der Waals surface area contributed by atoms with E-state index in [0.717, 1.165) is 35.6 Å². The lowest BCUT2D eigenvalue weighted by Crippen LogP contribution is -2.32. The van der Waals surface area contributed by atoms with E-state index in [4.69, 9.17) is 4.74 Å². The predicted molar refractivity (Wildman–Crippen MR) is 104 cm³/mol. The zero-order valence-corrected chi connectivity index (χ0v) is 15.4. The number of hydrogen-bond donors (Lipinski definition) is 2. The second-order valence-electron chi connectivity index (χ2n) is 6.06. The van der Waals surface area contributed by atoms with Crippen molar-refractivity contribution in [2.45, 2.75) is 18.9 Å². The molecule has 0 bridgehead atoms. The predicted octanol–water partition coefficient (Wildman–Crippen LogP) is 3.17. The highest BCUT2D eigenvalue weighted by molar-refractivity contribution is 7.09. The molecule has 1 heterocycles. The van der Waals surface area contributed by atoms with Crippen LogP contribution in [-0.4, -0.2) is 40.5 Å². The Morgan fingerprint density at radius 3 is 2.62 bits per heavy atom. The van der Waals surface area contributed by atoms with Gasteiger partial charge in [-0.15, -0.1) is 5.10 Å². The molecule has 0 saturated heterocycles. The molecule has 0 amide bonds. The zero-order chi connectivity index (χ0) is 18.0. The first-order valence-corrected chi connectivity index (χ1v) is 9.52. The van der Waals surface area contributed by atoms with Gasteiger partial charge in [0.15, 0.2) is 0 Å². The molecule has 0 saturated carbocycles. The summed E-state index contributed by atoms with van der Waals surface area (Å²) in [4.78, 5) is 1.02. The summed E-state index contributed by atoms with van der Waals surface area (Å²) in [5.74, 6) is 0.745. The molecule has 2 N–H and O–H groups in total. The number of aliphatic hydroxyl groups is 1. The Balaban J connectivity index is 1.30. The summed E-state index contributed by atoms with van der Waals surface area (Å²) in [6.45, 7) is 1.68. The van der Waals surface area contributed by atoms with Crippen molar-refractivity contribution in [3.8, 4) is 16.2 Å². The van der Waals surface area contributed by atoms with E-state index in [0.29, 0.717) is 6.54 Å². The fourth-order valence-electron chi connectivity index (χ4n) is 2.59. The smallest absolute Gasteiger partial charge is 0.119 e. The van der Waals surface area contributed by atoms with Crippen LogP contribution < -0.4 is 10.1 Å². The van der Waals surface area contributed by atoms with Crippen LogP contribution in [-0.2, 0) is 6.42 Å². The van der Waals surface area contributed by atoms with Gasteiger partial charge in [0, 0.05) is 6.54 Å². The largest absolute Gasteiger partial charge is 0.491 e. The minimum Gasteiger partial charge on any atom is -0.491 e. The monoisotopic (exact) mass is 369 g/mol. The maximum Gasteiger partial charge on any atom is 0.119 e. The van der Waals surface area contributed by atoms with E-state index in [1.54, 1.807) is 6.20 Å². The van der Waals surface area contributed by atoms with E-state index < -0.39 is 6.10 Å². The van der Waals surface area contributed by atoms with E-state index in [-0.39, 0.29) is 6.61 Å². The highest BCUT2D eigenvalue weighted by atomic mass is 32.1. The lowest BCUT2D eigenvalue weighted by molar-refractivity contribution is 0.106. The molecular formula is C20H23N3O2S.